The number of benzene rings is 2. The Morgan fingerprint density at radius 2 is 1.42 bits per heavy atom. The SMILES string of the molecule is CC(=O)c1ccc(N2CCN(C(=O)C(C)(C)c3ccccc3)CC2)cc1. The van der Waals surface area contributed by atoms with Crippen LogP contribution >= 0.6 is 0 Å². The molecule has 3 rings (SSSR count). The number of Topliss-reactive ketones (excluding diaryl/α,β-unsaturated/α-hetero) is 1. The van der Waals surface area contributed by atoms with Crippen LogP contribution in [0.3, 0.4) is 0 Å². The van der Waals surface area contributed by atoms with E-state index in [1.54, 1.807) is 6.92 Å². The largest absolute Gasteiger partial charge is 0.368 e. The van der Waals surface area contributed by atoms with E-state index in [0.29, 0.717) is 13.1 Å². The van der Waals surface area contributed by atoms with Crippen LogP contribution in [0, 0.1) is 0 Å². The Hall–Kier alpha value is -2.62. The average molecular weight is 350 g/mol. The Kier molecular flexibility index (Phi) is 5.12. The van der Waals surface area contributed by atoms with Gasteiger partial charge in [0.15, 0.2) is 5.78 Å². The molecule has 2 aromatic carbocycles. The third-order valence-electron chi connectivity index (χ3n) is 5.24. The number of amides is 1. The maximum Gasteiger partial charge on any atom is 0.232 e. The van der Waals surface area contributed by atoms with Gasteiger partial charge in [0.25, 0.3) is 0 Å². The number of hydrogen-bond acceptors (Lipinski definition) is 3. The highest BCUT2D eigenvalue weighted by Gasteiger charge is 2.35. The van der Waals surface area contributed by atoms with Gasteiger partial charge in [-0.05, 0) is 50.6 Å². The Bertz CT molecular complexity index is 774. The molecule has 1 fully saturated rings. The first-order chi connectivity index (χ1) is 12.4. The number of carbonyl (C=O) groups excluding carboxylic acids is 2. The summed E-state index contributed by atoms with van der Waals surface area (Å²) in [6.07, 6.45) is 0. The molecule has 0 bridgehead atoms. The molecule has 26 heavy (non-hydrogen) atoms. The lowest BCUT2D eigenvalue weighted by molar-refractivity contribution is -0.136. The van der Waals surface area contributed by atoms with Crippen molar-refractivity contribution in [2.75, 3.05) is 31.1 Å². The molecule has 4 heteroatoms. The van der Waals surface area contributed by atoms with Crippen LogP contribution in [0.2, 0.25) is 0 Å². The van der Waals surface area contributed by atoms with E-state index in [1.165, 1.54) is 0 Å². The summed E-state index contributed by atoms with van der Waals surface area (Å²) in [5, 5.41) is 0. The van der Waals surface area contributed by atoms with Crippen molar-refractivity contribution >= 4 is 17.4 Å². The summed E-state index contributed by atoms with van der Waals surface area (Å²) in [6, 6.07) is 17.7. The standard InChI is InChI=1S/C22H26N2O2/c1-17(25)18-9-11-20(12-10-18)23-13-15-24(16-14-23)21(26)22(2,3)19-7-5-4-6-8-19/h4-12H,13-16H2,1-3H3. The number of piperazine rings is 1. The Balaban J connectivity index is 1.64. The lowest BCUT2D eigenvalue weighted by Crippen LogP contribution is -2.53. The van der Waals surface area contributed by atoms with E-state index in [4.69, 9.17) is 0 Å². The van der Waals surface area contributed by atoms with E-state index < -0.39 is 5.41 Å². The molecule has 2 aromatic rings. The third-order valence-corrected chi connectivity index (χ3v) is 5.24. The van der Waals surface area contributed by atoms with E-state index in [-0.39, 0.29) is 11.7 Å². The lowest BCUT2D eigenvalue weighted by atomic mass is 9.83. The van der Waals surface area contributed by atoms with Crippen molar-refractivity contribution in [3.8, 4) is 0 Å². The van der Waals surface area contributed by atoms with Gasteiger partial charge in [0.2, 0.25) is 5.91 Å². The normalized spacial score (nSPS) is 15.0. The fourth-order valence-corrected chi connectivity index (χ4v) is 3.45. The molecule has 0 N–H and O–H groups in total. The molecule has 1 aliphatic heterocycles. The Morgan fingerprint density at radius 1 is 0.846 bits per heavy atom. The molecule has 0 spiro atoms. The summed E-state index contributed by atoms with van der Waals surface area (Å²) in [5.41, 5.74) is 2.36. The maximum absolute atomic E-state index is 13.1. The zero-order chi connectivity index (χ0) is 18.7. The van der Waals surface area contributed by atoms with E-state index in [2.05, 4.69) is 4.90 Å². The van der Waals surface area contributed by atoms with Crippen LogP contribution in [-0.4, -0.2) is 42.8 Å². The fourth-order valence-electron chi connectivity index (χ4n) is 3.45. The summed E-state index contributed by atoms with van der Waals surface area (Å²) in [6.45, 7) is 8.60. The van der Waals surface area contributed by atoms with Gasteiger partial charge in [-0.1, -0.05) is 30.3 Å². The van der Waals surface area contributed by atoms with E-state index in [0.717, 1.165) is 29.9 Å². The van der Waals surface area contributed by atoms with Gasteiger partial charge in [0.05, 0.1) is 5.41 Å². The molecule has 0 atom stereocenters. The molecule has 0 saturated carbocycles. The van der Waals surface area contributed by atoms with Gasteiger partial charge in [-0.2, -0.15) is 0 Å². The molecular weight excluding hydrogens is 324 g/mol. The number of carbonyl (C=O) groups is 2. The van der Waals surface area contributed by atoms with Crippen molar-refractivity contribution in [3.05, 3.63) is 65.7 Å². The van der Waals surface area contributed by atoms with Crippen molar-refractivity contribution in [2.24, 2.45) is 0 Å². The number of hydrogen-bond donors (Lipinski definition) is 0. The van der Waals surface area contributed by atoms with Gasteiger partial charge in [0.1, 0.15) is 0 Å². The second kappa shape index (κ2) is 7.32. The highest BCUT2D eigenvalue weighted by molar-refractivity contribution is 5.94. The summed E-state index contributed by atoms with van der Waals surface area (Å²) >= 11 is 0. The smallest absolute Gasteiger partial charge is 0.232 e. The van der Waals surface area contributed by atoms with E-state index in [9.17, 15) is 9.59 Å². The molecule has 136 valence electrons. The van der Waals surface area contributed by atoms with Crippen LogP contribution in [-0.2, 0) is 10.2 Å². The molecule has 0 unspecified atom stereocenters. The molecule has 1 heterocycles. The van der Waals surface area contributed by atoms with Crippen LogP contribution in [0.4, 0.5) is 5.69 Å². The summed E-state index contributed by atoms with van der Waals surface area (Å²) in [5.74, 6) is 0.255. The monoisotopic (exact) mass is 350 g/mol. The van der Waals surface area contributed by atoms with Gasteiger partial charge in [-0.15, -0.1) is 0 Å². The minimum atomic E-state index is -0.521. The zero-order valence-electron chi connectivity index (χ0n) is 15.7. The molecule has 1 aliphatic rings. The van der Waals surface area contributed by atoms with Crippen molar-refractivity contribution in [1.82, 2.24) is 4.90 Å². The fraction of sp³-hybridized carbons (Fsp3) is 0.364. The number of nitrogens with zero attached hydrogens (tertiary/aromatic N) is 2. The van der Waals surface area contributed by atoms with Crippen LogP contribution < -0.4 is 4.90 Å². The molecule has 4 nitrogen and oxygen atoms in total. The summed E-state index contributed by atoms with van der Waals surface area (Å²) in [4.78, 5) is 28.7. The Morgan fingerprint density at radius 3 is 1.96 bits per heavy atom. The third kappa shape index (κ3) is 3.64. The lowest BCUT2D eigenvalue weighted by Gasteiger charge is -2.39. The van der Waals surface area contributed by atoms with Crippen LogP contribution in [0.5, 0.6) is 0 Å². The highest BCUT2D eigenvalue weighted by Crippen LogP contribution is 2.27. The first kappa shape index (κ1) is 18.2. The van der Waals surface area contributed by atoms with Gasteiger partial charge in [-0.3, -0.25) is 9.59 Å². The van der Waals surface area contributed by atoms with Crippen molar-refractivity contribution in [2.45, 2.75) is 26.2 Å². The molecule has 0 aliphatic carbocycles. The Labute approximate surface area is 155 Å². The van der Waals surface area contributed by atoms with Gasteiger partial charge < -0.3 is 9.80 Å². The minimum absolute atomic E-state index is 0.0788. The van der Waals surface area contributed by atoms with Gasteiger partial charge in [-0.25, -0.2) is 0 Å². The molecule has 1 saturated heterocycles. The topological polar surface area (TPSA) is 40.6 Å². The predicted molar refractivity (Wildman–Crippen MR) is 105 cm³/mol. The second-order valence-corrected chi connectivity index (χ2v) is 7.37. The van der Waals surface area contributed by atoms with Crippen LogP contribution in [0.15, 0.2) is 54.6 Å². The van der Waals surface area contributed by atoms with E-state index in [1.807, 2.05) is 73.3 Å². The predicted octanol–water partition coefficient (Wildman–Crippen LogP) is 3.52. The van der Waals surface area contributed by atoms with Crippen LogP contribution in [0.1, 0.15) is 36.7 Å². The van der Waals surface area contributed by atoms with Gasteiger partial charge >= 0.3 is 0 Å². The second-order valence-electron chi connectivity index (χ2n) is 7.37. The highest BCUT2D eigenvalue weighted by atomic mass is 16.2. The average Bonchev–Trinajstić information content (AvgIpc) is 2.68. The minimum Gasteiger partial charge on any atom is -0.368 e. The molecular formula is C22H26N2O2. The van der Waals surface area contributed by atoms with Gasteiger partial charge in [0, 0.05) is 37.4 Å². The quantitative estimate of drug-likeness (QED) is 0.792. The summed E-state index contributed by atoms with van der Waals surface area (Å²) < 4.78 is 0. The first-order valence-electron chi connectivity index (χ1n) is 9.10. The molecule has 1 amide bonds. The first-order valence-corrected chi connectivity index (χ1v) is 9.10. The van der Waals surface area contributed by atoms with Crippen molar-refractivity contribution < 1.29 is 9.59 Å². The number of rotatable bonds is 4. The maximum atomic E-state index is 13.1. The summed E-state index contributed by atoms with van der Waals surface area (Å²) in [7, 11) is 0. The van der Waals surface area contributed by atoms with Crippen molar-refractivity contribution in [1.29, 1.82) is 0 Å². The number of anilines is 1. The van der Waals surface area contributed by atoms with Crippen LogP contribution in [0.25, 0.3) is 0 Å². The molecule has 0 aromatic heterocycles. The molecule has 0 radical (unpaired) electrons. The van der Waals surface area contributed by atoms with E-state index >= 15 is 0 Å². The van der Waals surface area contributed by atoms with Crippen molar-refractivity contribution in [3.63, 3.8) is 0 Å². The zero-order valence-corrected chi connectivity index (χ0v) is 15.7. The number of ketones is 1.